The van der Waals surface area contributed by atoms with E-state index in [9.17, 15) is 4.79 Å². The summed E-state index contributed by atoms with van der Waals surface area (Å²) in [4.78, 5) is 11.3. The molecule has 2 N–H and O–H groups in total. The van der Waals surface area contributed by atoms with Crippen molar-refractivity contribution in [2.45, 2.75) is 52.0 Å². The number of hydrogen-bond donors (Lipinski definition) is 2. The number of hydrogen-bond acceptors (Lipinski definition) is 2. The van der Waals surface area contributed by atoms with Gasteiger partial charge < -0.3 is 10.6 Å². The van der Waals surface area contributed by atoms with Crippen molar-refractivity contribution in [1.29, 1.82) is 0 Å². The van der Waals surface area contributed by atoms with Gasteiger partial charge in [0.2, 0.25) is 5.91 Å². The third kappa shape index (κ3) is 5.78. The highest BCUT2D eigenvalue weighted by Crippen LogP contribution is 2.18. The van der Waals surface area contributed by atoms with Crippen LogP contribution in [0.2, 0.25) is 0 Å². The highest BCUT2D eigenvalue weighted by molar-refractivity contribution is 5.76. The van der Waals surface area contributed by atoms with Crippen LogP contribution in [0.4, 0.5) is 0 Å². The molecule has 3 heteroatoms. The molecule has 0 radical (unpaired) electrons. The molecule has 0 aromatic carbocycles. The molecular weight excluding hydrogens is 188 g/mol. The molecule has 15 heavy (non-hydrogen) atoms. The molecule has 0 bridgehead atoms. The summed E-state index contributed by atoms with van der Waals surface area (Å²) in [5, 5.41) is 6.34. The topological polar surface area (TPSA) is 41.1 Å². The second-order valence-electron chi connectivity index (χ2n) is 4.48. The molecule has 0 aromatic rings. The lowest BCUT2D eigenvalue weighted by Crippen LogP contribution is -2.30. The van der Waals surface area contributed by atoms with Crippen molar-refractivity contribution >= 4 is 5.91 Å². The summed E-state index contributed by atoms with van der Waals surface area (Å²) in [6.45, 7) is 6.30. The maximum absolute atomic E-state index is 11.3. The Kier molecular flexibility index (Phi) is 5.69. The Balaban J connectivity index is 1.92. The minimum absolute atomic E-state index is 0.203. The molecule has 1 amide bonds. The number of nitrogens with one attached hydrogen (secondary N) is 2. The number of rotatable bonds is 8. The maximum atomic E-state index is 11.3. The fourth-order valence-electron chi connectivity index (χ4n) is 1.61. The van der Waals surface area contributed by atoms with E-state index in [4.69, 9.17) is 0 Å². The van der Waals surface area contributed by atoms with E-state index in [1.165, 1.54) is 25.7 Å². The van der Waals surface area contributed by atoms with Crippen LogP contribution in [-0.2, 0) is 4.79 Å². The van der Waals surface area contributed by atoms with E-state index in [1.54, 1.807) is 0 Å². The zero-order valence-corrected chi connectivity index (χ0v) is 10.0. The van der Waals surface area contributed by atoms with Crippen molar-refractivity contribution in [1.82, 2.24) is 10.6 Å². The molecule has 0 aliphatic heterocycles. The quantitative estimate of drug-likeness (QED) is 0.601. The van der Waals surface area contributed by atoms with Gasteiger partial charge in [0.05, 0.1) is 0 Å². The molecule has 0 saturated heterocycles. The van der Waals surface area contributed by atoms with E-state index in [0.29, 0.717) is 12.5 Å². The minimum Gasteiger partial charge on any atom is -0.353 e. The maximum Gasteiger partial charge on any atom is 0.221 e. The predicted molar refractivity (Wildman–Crippen MR) is 62.7 cm³/mol. The highest BCUT2D eigenvalue weighted by Gasteiger charge is 2.22. The molecule has 1 rings (SSSR count). The second kappa shape index (κ2) is 6.83. The average molecular weight is 212 g/mol. The summed E-state index contributed by atoms with van der Waals surface area (Å²) in [5.41, 5.74) is 0. The largest absolute Gasteiger partial charge is 0.353 e. The monoisotopic (exact) mass is 212 g/mol. The van der Waals surface area contributed by atoms with E-state index in [0.717, 1.165) is 19.0 Å². The molecule has 0 unspecified atom stereocenters. The number of amides is 1. The van der Waals surface area contributed by atoms with Crippen molar-refractivity contribution in [2.75, 3.05) is 13.1 Å². The predicted octanol–water partition coefficient (Wildman–Crippen LogP) is 1.68. The Hall–Kier alpha value is -0.570. The van der Waals surface area contributed by atoms with Crippen molar-refractivity contribution in [3.8, 4) is 0 Å². The second-order valence-corrected chi connectivity index (χ2v) is 4.48. The first-order chi connectivity index (χ1) is 7.26. The summed E-state index contributed by atoms with van der Waals surface area (Å²) >= 11 is 0. The summed E-state index contributed by atoms with van der Waals surface area (Å²) in [6, 6.07) is 0.497. The molecule has 1 saturated carbocycles. The summed E-state index contributed by atoms with van der Waals surface area (Å²) < 4.78 is 0. The van der Waals surface area contributed by atoms with Gasteiger partial charge in [0.15, 0.2) is 0 Å². The molecule has 1 aliphatic rings. The third-order valence-electron chi connectivity index (χ3n) is 3.06. The Bertz CT molecular complexity index is 186. The lowest BCUT2D eigenvalue weighted by Gasteiger charge is -2.12. The molecule has 0 spiro atoms. The fourth-order valence-corrected chi connectivity index (χ4v) is 1.61. The van der Waals surface area contributed by atoms with Gasteiger partial charge in [-0.15, -0.1) is 0 Å². The van der Waals surface area contributed by atoms with Crippen LogP contribution >= 0.6 is 0 Å². The van der Waals surface area contributed by atoms with E-state index >= 15 is 0 Å². The van der Waals surface area contributed by atoms with Crippen LogP contribution < -0.4 is 10.6 Å². The van der Waals surface area contributed by atoms with Crippen LogP contribution in [-0.4, -0.2) is 25.0 Å². The van der Waals surface area contributed by atoms with Crippen molar-refractivity contribution in [3.63, 3.8) is 0 Å². The first-order valence-electron chi connectivity index (χ1n) is 6.26. The fraction of sp³-hybridized carbons (Fsp3) is 0.917. The smallest absolute Gasteiger partial charge is 0.221 e. The first-order valence-corrected chi connectivity index (χ1v) is 6.26. The normalized spacial score (nSPS) is 15.7. The van der Waals surface area contributed by atoms with Gasteiger partial charge >= 0.3 is 0 Å². The van der Waals surface area contributed by atoms with Gasteiger partial charge in [0.25, 0.3) is 0 Å². The standard InChI is InChI=1S/C12H24N2O/c1-3-10(4-2)9-13-8-7-12(15)14-11-5-6-11/h10-11,13H,3-9H2,1-2H3,(H,14,15). The van der Waals surface area contributed by atoms with Crippen molar-refractivity contribution in [3.05, 3.63) is 0 Å². The van der Waals surface area contributed by atoms with Crippen LogP contribution in [0.15, 0.2) is 0 Å². The van der Waals surface area contributed by atoms with E-state index < -0.39 is 0 Å². The first kappa shape index (κ1) is 12.5. The van der Waals surface area contributed by atoms with Crippen LogP contribution in [0.3, 0.4) is 0 Å². The van der Waals surface area contributed by atoms with E-state index in [-0.39, 0.29) is 5.91 Å². The van der Waals surface area contributed by atoms with E-state index in [2.05, 4.69) is 24.5 Å². The van der Waals surface area contributed by atoms with Crippen molar-refractivity contribution in [2.24, 2.45) is 5.92 Å². The SMILES string of the molecule is CCC(CC)CNCCC(=O)NC1CC1. The Morgan fingerprint density at radius 1 is 1.33 bits per heavy atom. The van der Waals surface area contributed by atoms with Gasteiger partial charge in [0.1, 0.15) is 0 Å². The van der Waals surface area contributed by atoms with Gasteiger partial charge in [-0.2, -0.15) is 0 Å². The van der Waals surface area contributed by atoms with Crippen LogP contribution in [0.5, 0.6) is 0 Å². The van der Waals surface area contributed by atoms with Gasteiger partial charge in [-0.1, -0.05) is 26.7 Å². The van der Waals surface area contributed by atoms with Gasteiger partial charge in [-0.25, -0.2) is 0 Å². The summed E-state index contributed by atoms with van der Waals surface area (Å²) in [7, 11) is 0. The Morgan fingerprint density at radius 2 is 2.00 bits per heavy atom. The molecular formula is C12H24N2O. The number of carbonyl (C=O) groups is 1. The lowest BCUT2D eigenvalue weighted by molar-refractivity contribution is -0.121. The molecule has 0 aromatic heterocycles. The molecule has 0 atom stereocenters. The highest BCUT2D eigenvalue weighted by atomic mass is 16.1. The Labute approximate surface area is 93.0 Å². The Morgan fingerprint density at radius 3 is 2.53 bits per heavy atom. The van der Waals surface area contributed by atoms with Crippen LogP contribution in [0, 0.1) is 5.92 Å². The molecule has 3 nitrogen and oxygen atoms in total. The van der Waals surface area contributed by atoms with Crippen molar-refractivity contribution < 1.29 is 4.79 Å². The lowest BCUT2D eigenvalue weighted by atomic mass is 10.0. The number of carbonyl (C=O) groups excluding carboxylic acids is 1. The molecule has 1 aliphatic carbocycles. The minimum atomic E-state index is 0.203. The average Bonchev–Trinajstić information content (AvgIpc) is 3.02. The van der Waals surface area contributed by atoms with Gasteiger partial charge in [-0.05, 0) is 25.3 Å². The van der Waals surface area contributed by atoms with Crippen LogP contribution in [0.25, 0.3) is 0 Å². The molecule has 0 heterocycles. The van der Waals surface area contributed by atoms with Gasteiger partial charge in [0, 0.05) is 19.0 Å². The zero-order chi connectivity index (χ0) is 11.1. The summed E-state index contributed by atoms with van der Waals surface area (Å²) in [5.74, 6) is 0.964. The molecule has 88 valence electrons. The van der Waals surface area contributed by atoms with Gasteiger partial charge in [-0.3, -0.25) is 4.79 Å². The van der Waals surface area contributed by atoms with E-state index in [1.807, 2.05) is 0 Å². The zero-order valence-electron chi connectivity index (χ0n) is 10.0. The third-order valence-corrected chi connectivity index (χ3v) is 3.06. The van der Waals surface area contributed by atoms with Crippen LogP contribution in [0.1, 0.15) is 46.0 Å². The molecule has 1 fully saturated rings. The summed E-state index contributed by atoms with van der Waals surface area (Å²) in [6.07, 6.45) is 5.41.